The topological polar surface area (TPSA) is 96.2 Å². The zero-order valence-corrected chi connectivity index (χ0v) is 19.1. The molecule has 0 saturated carbocycles. The molecule has 1 aliphatic heterocycles. The van der Waals surface area contributed by atoms with Gasteiger partial charge in [-0.1, -0.05) is 48.5 Å². The van der Waals surface area contributed by atoms with E-state index in [1.54, 1.807) is 18.2 Å². The molecular formula is C29H24N4O2. The Hall–Kier alpha value is -4.84. The van der Waals surface area contributed by atoms with Gasteiger partial charge in [0, 0.05) is 33.9 Å². The van der Waals surface area contributed by atoms with Crippen LogP contribution in [0.2, 0.25) is 0 Å². The summed E-state index contributed by atoms with van der Waals surface area (Å²) in [6.45, 7) is 1.91. The standard InChI is InChI=1S/C29H24N4O2/c1-18-7-5-6-10-23(18)28(34)32-22-14-12-21(13-15-22)31-27(19-8-3-2-4-9-19)26-24-17-20(30)11-16-25(24)33-29(26)35/h2-17,31H,30H2,1H3,(H,32,34)(H,33,35)/b27-26-. The zero-order chi connectivity index (χ0) is 24.4. The molecule has 35 heavy (non-hydrogen) atoms. The van der Waals surface area contributed by atoms with Crippen molar-refractivity contribution in [3.8, 4) is 0 Å². The number of aryl methyl sites for hydroxylation is 1. The Balaban J connectivity index is 1.47. The van der Waals surface area contributed by atoms with E-state index in [4.69, 9.17) is 5.73 Å². The van der Waals surface area contributed by atoms with E-state index >= 15 is 0 Å². The van der Waals surface area contributed by atoms with E-state index in [9.17, 15) is 9.59 Å². The maximum atomic E-state index is 13.0. The smallest absolute Gasteiger partial charge is 0.258 e. The number of benzene rings is 4. The van der Waals surface area contributed by atoms with Gasteiger partial charge in [-0.15, -0.1) is 0 Å². The number of carbonyl (C=O) groups is 2. The maximum Gasteiger partial charge on any atom is 0.258 e. The van der Waals surface area contributed by atoms with Crippen LogP contribution in [-0.4, -0.2) is 11.8 Å². The van der Waals surface area contributed by atoms with E-state index in [-0.39, 0.29) is 11.8 Å². The van der Waals surface area contributed by atoms with Crippen LogP contribution in [0.5, 0.6) is 0 Å². The molecule has 0 radical (unpaired) electrons. The largest absolute Gasteiger partial charge is 0.399 e. The molecule has 0 bridgehead atoms. The zero-order valence-electron chi connectivity index (χ0n) is 19.1. The predicted octanol–water partition coefficient (Wildman–Crippen LogP) is 5.76. The summed E-state index contributed by atoms with van der Waals surface area (Å²) in [6.07, 6.45) is 0. The lowest BCUT2D eigenvalue weighted by Gasteiger charge is -2.15. The van der Waals surface area contributed by atoms with Gasteiger partial charge >= 0.3 is 0 Å². The normalized spacial score (nSPS) is 13.6. The average molecular weight is 461 g/mol. The van der Waals surface area contributed by atoms with Crippen molar-refractivity contribution in [3.05, 3.63) is 119 Å². The number of rotatable bonds is 5. The molecule has 0 aromatic heterocycles. The fraction of sp³-hybridized carbons (Fsp3) is 0.0345. The quantitative estimate of drug-likeness (QED) is 0.225. The summed E-state index contributed by atoms with van der Waals surface area (Å²) in [6, 6.07) is 29.9. The summed E-state index contributed by atoms with van der Waals surface area (Å²) in [5.41, 5.74) is 13.1. The minimum absolute atomic E-state index is 0.160. The number of anilines is 4. The predicted molar refractivity (Wildman–Crippen MR) is 142 cm³/mol. The molecular weight excluding hydrogens is 436 g/mol. The van der Waals surface area contributed by atoms with Crippen LogP contribution in [0.1, 0.15) is 27.0 Å². The number of nitrogens with two attached hydrogens (primary N) is 1. The Morgan fingerprint density at radius 2 is 1.46 bits per heavy atom. The number of fused-ring (bicyclic) bond motifs is 1. The average Bonchev–Trinajstić information content (AvgIpc) is 3.19. The molecule has 4 aromatic rings. The lowest BCUT2D eigenvalue weighted by molar-refractivity contribution is -0.110. The molecule has 0 unspecified atom stereocenters. The Bertz CT molecular complexity index is 1460. The van der Waals surface area contributed by atoms with Crippen molar-refractivity contribution < 1.29 is 9.59 Å². The van der Waals surface area contributed by atoms with Gasteiger partial charge in [0.05, 0.1) is 11.3 Å². The molecule has 4 aromatic carbocycles. The minimum atomic E-state index is -0.195. The van der Waals surface area contributed by atoms with Gasteiger partial charge in [-0.05, 0) is 66.6 Å². The number of carbonyl (C=O) groups excluding carboxylic acids is 2. The molecule has 0 atom stereocenters. The summed E-state index contributed by atoms with van der Waals surface area (Å²) in [4.78, 5) is 25.6. The van der Waals surface area contributed by atoms with Gasteiger partial charge in [0.25, 0.3) is 11.8 Å². The van der Waals surface area contributed by atoms with Crippen LogP contribution >= 0.6 is 0 Å². The van der Waals surface area contributed by atoms with Gasteiger partial charge in [-0.3, -0.25) is 9.59 Å². The van der Waals surface area contributed by atoms with Crippen LogP contribution in [0.4, 0.5) is 22.7 Å². The van der Waals surface area contributed by atoms with Crippen LogP contribution < -0.4 is 21.7 Å². The van der Waals surface area contributed by atoms with Gasteiger partial charge in [-0.2, -0.15) is 0 Å². The summed E-state index contributed by atoms with van der Waals surface area (Å²) in [5, 5.41) is 9.27. The van der Waals surface area contributed by atoms with Crippen LogP contribution in [0, 0.1) is 6.92 Å². The van der Waals surface area contributed by atoms with E-state index in [1.165, 1.54) is 0 Å². The Morgan fingerprint density at radius 1 is 0.800 bits per heavy atom. The molecule has 172 valence electrons. The maximum absolute atomic E-state index is 13.0. The number of amides is 2. The van der Waals surface area contributed by atoms with Crippen molar-refractivity contribution in [2.75, 3.05) is 21.7 Å². The lowest BCUT2D eigenvalue weighted by atomic mass is 9.99. The molecule has 6 nitrogen and oxygen atoms in total. The van der Waals surface area contributed by atoms with E-state index in [1.807, 2.05) is 85.8 Å². The van der Waals surface area contributed by atoms with Crippen molar-refractivity contribution in [2.24, 2.45) is 0 Å². The highest BCUT2D eigenvalue weighted by Crippen LogP contribution is 2.38. The van der Waals surface area contributed by atoms with E-state index in [0.717, 1.165) is 28.1 Å². The van der Waals surface area contributed by atoms with Crippen LogP contribution in [0.15, 0.2) is 97.1 Å². The fourth-order valence-electron chi connectivity index (χ4n) is 4.12. The van der Waals surface area contributed by atoms with E-state index in [0.29, 0.717) is 28.2 Å². The molecule has 0 saturated heterocycles. The first-order valence-corrected chi connectivity index (χ1v) is 11.2. The van der Waals surface area contributed by atoms with Crippen LogP contribution in [-0.2, 0) is 4.79 Å². The summed E-state index contributed by atoms with van der Waals surface area (Å²) < 4.78 is 0. The molecule has 0 aliphatic carbocycles. The van der Waals surface area contributed by atoms with E-state index in [2.05, 4.69) is 16.0 Å². The fourth-order valence-corrected chi connectivity index (χ4v) is 4.12. The molecule has 1 aliphatic rings. The van der Waals surface area contributed by atoms with Crippen LogP contribution in [0.3, 0.4) is 0 Å². The first-order chi connectivity index (χ1) is 17.0. The number of hydrogen-bond donors (Lipinski definition) is 4. The van der Waals surface area contributed by atoms with Crippen molar-refractivity contribution in [3.63, 3.8) is 0 Å². The highest BCUT2D eigenvalue weighted by Gasteiger charge is 2.28. The number of hydrogen-bond acceptors (Lipinski definition) is 4. The number of nitrogen functional groups attached to an aromatic ring is 1. The molecule has 0 fully saturated rings. The van der Waals surface area contributed by atoms with Gasteiger partial charge in [0.2, 0.25) is 0 Å². The summed E-state index contributed by atoms with van der Waals surface area (Å²) >= 11 is 0. The molecule has 5 rings (SSSR count). The van der Waals surface area contributed by atoms with Gasteiger partial charge < -0.3 is 21.7 Å². The van der Waals surface area contributed by atoms with Gasteiger partial charge in [0.1, 0.15) is 0 Å². The third-order valence-electron chi connectivity index (χ3n) is 5.90. The summed E-state index contributed by atoms with van der Waals surface area (Å²) in [5.74, 6) is -0.355. The second-order valence-corrected chi connectivity index (χ2v) is 8.35. The highest BCUT2D eigenvalue weighted by molar-refractivity contribution is 6.37. The molecule has 1 heterocycles. The minimum Gasteiger partial charge on any atom is -0.399 e. The molecule has 6 heteroatoms. The van der Waals surface area contributed by atoms with Gasteiger partial charge in [0.15, 0.2) is 0 Å². The third kappa shape index (κ3) is 4.50. The first kappa shape index (κ1) is 22.0. The SMILES string of the molecule is Cc1ccccc1C(=O)Nc1ccc(N/C(=C2\C(=O)Nc3ccc(N)cc32)c2ccccc2)cc1. The number of nitrogens with one attached hydrogen (secondary N) is 3. The monoisotopic (exact) mass is 460 g/mol. The molecule has 5 N–H and O–H groups in total. The van der Waals surface area contributed by atoms with Gasteiger partial charge in [-0.25, -0.2) is 0 Å². The highest BCUT2D eigenvalue weighted by atomic mass is 16.2. The van der Waals surface area contributed by atoms with Crippen molar-refractivity contribution >= 4 is 45.8 Å². The van der Waals surface area contributed by atoms with Crippen LogP contribution in [0.25, 0.3) is 11.3 Å². The first-order valence-electron chi connectivity index (χ1n) is 11.2. The lowest BCUT2D eigenvalue weighted by Crippen LogP contribution is -2.13. The Morgan fingerprint density at radius 3 is 2.17 bits per heavy atom. The molecule has 0 spiro atoms. The van der Waals surface area contributed by atoms with E-state index < -0.39 is 0 Å². The third-order valence-corrected chi connectivity index (χ3v) is 5.90. The Kier molecular flexibility index (Phi) is 5.77. The summed E-state index contributed by atoms with van der Waals surface area (Å²) in [7, 11) is 0. The van der Waals surface area contributed by atoms with Crippen molar-refractivity contribution in [2.45, 2.75) is 6.92 Å². The molecule has 2 amide bonds. The Labute approximate surface area is 203 Å². The second kappa shape index (κ2) is 9.19. The second-order valence-electron chi connectivity index (χ2n) is 8.35. The van der Waals surface area contributed by atoms with Crippen molar-refractivity contribution in [1.29, 1.82) is 0 Å². The van der Waals surface area contributed by atoms with Crippen molar-refractivity contribution in [1.82, 2.24) is 0 Å².